The minimum Gasteiger partial charge on any atom is -0.396 e. The summed E-state index contributed by atoms with van der Waals surface area (Å²) >= 11 is 0. The minimum absolute atomic E-state index is 0.338. The van der Waals surface area contributed by atoms with Crippen LogP contribution in [-0.4, -0.2) is 16.5 Å². The van der Waals surface area contributed by atoms with Gasteiger partial charge in [0.2, 0.25) is 0 Å². The third kappa shape index (κ3) is 2.26. The zero-order chi connectivity index (χ0) is 13.2. The van der Waals surface area contributed by atoms with Gasteiger partial charge in [0.15, 0.2) is 5.82 Å². The van der Waals surface area contributed by atoms with Crippen LogP contribution in [0.2, 0.25) is 0 Å². The molecule has 1 fully saturated rings. The second-order valence-electron chi connectivity index (χ2n) is 5.00. The first-order valence-electron chi connectivity index (χ1n) is 6.65. The molecule has 2 aromatic rings. The van der Waals surface area contributed by atoms with E-state index in [9.17, 15) is 0 Å². The van der Waals surface area contributed by atoms with E-state index < -0.39 is 0 Å². The number of hydrogen-bond acceptors (Lipinski definition) is 4. The molecule has 2 N–H and O–H groups in total. The summed E-state index contributed by atoms with van der Waals surface area (Å²) in [7, 11) is 0. The molecule has 4 nitrogen and oxygen atoms in total. The van der Waals surface area contributed by atoms with Crippen molar-refractivity contribution in [3.05, 3.63) is 47.9 Å². The number of anilines is 2. The van der Waals surface area contributed by atoms with E-state index in [0.717, 1.165) is 36.6 Å². The predicted octanol–water partition coefficient (Wildman–Crippen LogP) is 2.71. The Bertz CT molecular complexity index is 568. The molecule has 0 amide bonds. The molecule has 0 saturated carbocycles. The summed E-state index contributed by atoms with van der Waals surface area (Å²) in [6.07, 6.45) is 6.03. The number of nitrogens with two attached hydrogens (primary N) is 1. The van der Waals surface area contributed by atoms with Crippen LogP contribution in [0.3, 0.4) is 0 Å². The molecule has 1 aliphatic rings. The van der Waals surface area contributed by atoms with Gasteiger partial charge in [-0.3, -0.25) is 4.98 Å². The third-order valence-electron chi connectivity index (χ3n) is 3.64. The van der Waals surface area contributed by atoms with Gasteiger partial charge in [0, 0.05) is 24.6 Å². The maximum Gasteiger partial charge on any atom is 0.152 e. The van der Waals surface area contributed by atoms with E-state index in [-0.39, 0.29) is 0 Å². The van der Waals surface area contributed by atoms with Gasteiger partial charge in [-0.25, -0.2) is 4.98 Å². The number of aromatic nitrogens is 2. The molecule has 2 aromatic heterocycles. The number of nitrogen functional groups attached to an aromatic ring is 1. The van der Waals surface area contributed by atoms with Crippen LogP contribution in [0.5, 0.6) is 0 Å². The molecular formula is C15H18N4. The Labute approximate surface area is 113 Å². The first-order valence-corrected chi connectivity index (χ1v) is 6.65. The molecule has 4 heteroatoms. The molecule has 0 radical (unpaired) electrons. The van der Waals surface area contributed by atoms with Crippen LogP contribution in [0.1, 0.15) is 30.1 Å². The van der Waals surface area contributed by atoms with Crippen molar-refractivity contribution in [2.24, 2.45) is 0 Å². The molecule has 0 spiro atoms. The Hall–Kier alpha value is -2.10. The lowest BCUT2D eigenvalue weighted by atomic mass is 10.1. The highest BCUT2D eigenvalue weighted by atomic mass is 15.2. The number of hydrogen-bond donors (Lipinski definition) is 1. The molecule has 3 rings (SSSR count). The Balaban J connectivity index is 1.97. The quantitative estimate of drug-likeness (QED) is 0.895. The van der Waals surface area contributed by atoms with Crippen LogP contribution < -0.4 is 10.6 Å². The van der Waals surface area contributed by atoms with Crippen LogP contribution >= 0.6 is 0 Å². The number of aryl methyl sites for hydroxylation is 1. The summed E-state index contributed by atoms with van der Waals surface area (Å²) in [5, 5.41) is 0. The van der Waals surface area contributed by atoms with E-state index >= 15 is 0 Å². The summed E-state index contributed by atoms with van der Waals surface area (Å²) in [6.45, 7) is 3.00. The van der Waals surface area contributed by atoms with Gasteiger partial charge in [0.1, 0.15) is 0 Å². The molecule has 1 unspecified atom stereocenters. The Kier molecular flexibility index (Phi) is 3.07. The topological polar surface area (TPSA) is 55.0 Å². The van der Waals surface area contributed by atoms with Gasteiger partial charge in [0.05, 0.1) is 11.7 Å². The van der Waals surface area contributed by atoms with Gasteiger partial charge in [-0.1, -0.05) is 6.07 Å². The van der Waals surface area contributed by atoms with E-state index in [1.54, 1.807) is 0 Å². The molecule has 0 aliphatic carbocycles. The number of nitrogens with zero attached hydrogens (tertiary/aromatic N) is 3. The maximum absolute atomic E-state index is 6.09. The average molecular weight is 254 g/mol. The van der Waals surface area contributed by atoms with Gasteiger partial charge in [-0.2, -0.15) is 0 Å². The van der Waals surface area contributed by atoms with Gasteiger partial charge in [-0.05, 0) is 43.5 Å². The van der Waals surface area contributed by atoms with E-state index in [1.807, 2.05) is 37.5 Å². The summed E-state index contributed by atoms with van der Waals surface area (Å²) in [4.78, 5) is 11.1. The lowest BCUT2D eigenvalue weighted by molar-refractivity contribution is 0.708. The van der Waals surface area contributed by atoms with Crippen molar-refractivity contribution in [3.8, 4) is 0 Å². The van der Waals surface area contributed by atoms with Crippen LogP contribution in [0.4, 0.5) is 11.5 Å². The zero-order valence-corrected chi connectivity index (χ0v) is 11.1. The lowest BCUT2D eigenvalue weighted by Gasteiger charge is -2.27. The maximum atomic E-state index is 6.09. The van der Waals surface area contributed by atoms with Crippen molar-refractivity contribution in [3.63, 3.8) is 0 Å². The molecule has 1 atom stereocenters. The van der Waals surface area contributed by atoms with Gasteiger partial charge >= 0.3 is 0 Å². The molecule has 1 aliphatic heterocycles. The molecule has 1 saturated heterocycles. The fourth-order valence-electron chi connectivity index (χ4n) is 2.72. The SMILES string of the molecule is Cc1ccc(N)c(N2CCCC2c2cccnc2)n1. The van der Waals surface area contributed by atoms with Crippen LogP contribution in [0.25, 0.3) is 0 Å². The molecule has 19 heavy (non-hydrogen) atoms. The van der Waals surface area contributed by atoms with E-state index in [4.69, 9.17) is 5.73 Å². The Morgan fingerprint density at radius 1 is 1.32 bits per heavy atom. The molecule has 0 aromatic carbocycles. The zero-order valence-electron chi connectivity index (χ0n) is 11.1. The second kappa shape index (κ2) is 4.88. The molecule has 98 valence electrons. The first kappa shape index (κ1) is 12.0. The van der Waals surface area contributed by atoms with Gasteiger partial charge < -0.3 is 10.6 Å². The predicted molar refractivity (Wildman–Crippen MR) is 76.9 cm³/mol. The van der Waals surface area contributed by atoms with Crippen molar-refractivity contribution in [2.75, 3.05) is 17.2 Å². The first-order chi connectivity index (χ1) is 9.25. The lowest BCUT2D eigenvalue weighted by Crippen LogP contribution is -2.24. The number of rotatable bonds is 2. The minimum atomic E-state index is 0.338. The largest absolute Gasteiger partial charge is 0.396 e. The van der Waals surface area contributed by atoms with Crippen LogP contribution in [-0.2, 0) is 0 Å². The van der Waals surface area contributed by atoms with Gasteiger partial charge in [0.25, 0.3) is 0 Å². The molecule has 3 heterocycles. The van der Waals surface area contributed by atoms with Crippen molar-refractivity contribution in [1.29, 1.82) is 0 Å². The number of pyridine rings is 2. The molecular weight excluding hydrogens is 236 g/mol. The van der Waals surface area contributed by atoms with Crippen LogP contribution in [0, 0.1) is 6.92 Å². The standard InChI is InChI=1S/C15H18N4/c1-11-6-7-13(16)15(18-11)19-9-3-5-14(19)12-4-2-8-17-10-12/h2,4,6-8,10,14H,3,5,9,16H2,1H3. The molecule has 0 bridgehead atoms. The normalized spacial score (nSPS) is 18.8. The highest BCUT2D eigenvalue weighted by molar-refractivity contribution is 5.64. The third-order valence-corrected chi connectivity index (χ3v) is 3.64. The smallest absolute Gasteiger partial charge is 0.152 e. The van der Waals surface area contributed by atoms with Crippen LogP contribution in [0.15, 0.2) is 36.7 Å². The average Bonchev–Trinajstić information content (AvgIpc) is 2.91. The van der Waals surface area contributed by atoms with Crippen molar-refractivity contribution in [2.45, 2.75) is 25.8 Å². The fraction of sp³-hybridized carbons (Fsp3) is 0.333. The summed E-state index contributed by atoms with van der Waals surface area (Å²) < 4.78 is 0. The monoisotopic (exact) mass is 254 g/mol. The van der Waals surface area contributed by atoms with Crippen molar-refractivity contribution in [1.82, 2.24) is 9.97 Å². The van der Waals surface area contributed by atoms with E-state index in [1.165, 1.54) is 5.56 Å². The highest BCUT2D eigenvalue weighted by Gasteiger charge is 2.28. The summed E-state index contributed by atoms with van der Waals surface area (Å²) in [5.41, 5.74) is 9.08. The van der Waals surface area contributed by atoms with E-state index in [2.05, 4.69) is 20.9 Å². The highest BCUT2D eigenvalue weighted by Crippen LogP contribution is 2.37. The fourth-order valence-corrected chi connectivity index (χ4v) is 2.72. The Morgan fingerprint density at radius 3 is 3.00 bits per heavy atom. The second-order valence-corrected chi connectivity index (χ2v) is 5.00. The van der Waals surface area contributed by atoms with Gasteiger partial charge in [-0.15, -0.1) is 0 Å². The summed E-state index contributed by atoms with van der Waals surface area (Å²) in [5.74, 6) is 0.909. The summed E-state index contributed by atoms with van der Waals surface area (Å²) in [6, 6.07) is 8.34. The Morgan fingerprint density at radius 2 is 2.21 bits per heavy atom. The van der Waals surface area contributed by atoms with Crippen molar-refractivity contribution >= 4 is 11.5 Å². The van der Waals surface area contributed by atoms with E-state index in [0.29, 0.717) is 6.04 Å². The van der Waals surface area contributed by atoms with Crippen molar-refractivity contribution < 1.29 is 0 Å².